The topological polar surface area (TPSA) is 80.0 Å². The third kappa shape index (κ3) is 4.67. The summed E-state index contributed by atoms with van der Waals surface area (Å²) in [6.45, 7) is 2.26. The lowest BCUT2D eigenvalue weighted by Crippen LogP contribution is -2.10. The molecule has 0 saturated carbocycles. The molecule has 6 heteroatoms. The SMILES string of the molecule is CCOc1ccnc(SCC(=O)CC(=O)c2ccccc2)c1C#N. The molecule has 5 nitrogen and oxygen atoms in total. The number of nitrogens with zero attached hydrogens (tertiary/aromatic N) is 2. The van der Waals surface area contributed by atoms with Crippen LogP contribution in [0.5, 0.6) is 5.75 Å². The van der Waals surface area contributed by atoms with Gasteiger partial charge in [0.25, 0.3) is 0 Å². The lowest BCUT2D eigenvalue weighted by molar-refractivity contribution is -0.115. The van der Waals surface area contributed by atoms with E-state index in [0.717, 1.165) is 11.8 Å². The van der Waals surface area contributed by atoms with E-state index >= 15 is 0 Å². The first kappa shape index (κ1) is 17.7. The van der Waals surface area contributed by atoms with Crippen LogP contribution < -0.4 is 4.74 Å². The van der Waals surface area contributed by atoms with Crippen molar-refractivity contribution >= 4 is 23.3 Å². The monoisotopic (exact) mass is 340 g/mol. The zero-order valence-corrected chi connectivity index (χ0v) is 14.0. The number of carbonyl (C=O) groups excluding carboxylic acids is 2. The number of nitriles is 1. The van der Waals surface area contributed by atoms with Gasteiger partial charge in [-0.3, -0.25) is 9.59 Å². The number of carbonyl (C=O) groups is 2. The molecular formula is C18H16N2O3S. The van der Waals surface area contributed by atoms with Gasteiger partial charge in [-0.1, -0.05) is 42.1 Å². The molecule has 1 heterocycles. The lowest BCUT2D eigenvalue weighted by atomic mass is 10.1. The summed E-state index contributed by atoms with van der Waals surface area (Å²) in [7, 11) is 0. The molecule has 0 aliphatic rings. The Morgan fingerprint density at radius 2 is 2.00 bits per heavy atom. The second-order valence-corrected chi connectivity index (χ2v) is 5.79. The molecule has 2 aromatic rings. The van der Waals surface area contributed by atoms with Gasteiger partial charge in [-0.05, 0) is 13.0 Å². The van der Waals surface area contributed by atoms with Gasteiger partial charge in [0.05, 0.1) is 18.8 Å². The molecule has 122 valence electrons. The number of ketones is 2. The van der Waals surface area contributed by atoms with Crippen molar-refractivity contribution in [3.8, 4) is 11.8 Å². The normalized spacial score (nSPS) is 10.0. The van der Waals surface area contributed by atoms with Gasteiger partial charge in [0.1, 0.15) is 22.4 Å². The van der Waals surface area contributed by atoms with Gasteiger partial charge in [0.15, 0.2) is 11.6 Å². The van der Waals surface area contributed by atoms with Crippen molar-refractivity contribution in [1.82, 2.24) is 4.98 Å². The van der Waals surface area contributed by atoms with Crippen LogP contribution in [0.3, 0.4) is 0 Å². The van der Waals surface area contributed by atoms with E-state index in [0.29, 0.717) is 28.5 Å². The summed E-state index contributed by atoms with van der Waals surface area (Å²) in [4.78, 5) is 28.2. The lowest BCUT2D eigenvalue weighted by Gasteiger charge is -2.08. The number of aromatic nitrogens is 1. The van der Waals surface area contributed by atoms with E-state index in [1.165, 1.54) is 6.20 Å². The van der Waals surface area contributed by atoms with E-state index in [9.17, 15) is 14.9 Å². The molecule has 1 aromatic carbocycles. The largest absolute Gasteiger partial charge is 0.492 e. The van der Waals surface area contributed by atoms with E-state index in [-0.39, 0.29) is 23.7 Å². The average Bonchev–Trinajstić information content (AvgIpc) is 2.61. The van der Waals surface area contributed by atoms with Crippen LogP contribution in [0.4, 0.5) is 0 Å². The summed E-state index contributed by atoms with van der Waals surface area (Å²) >= 11 is 1.14. The number of ether oxygens (including phenoxy) is 1. The molecule has 0 saturated heterocycles. The van der Waals surface area contributed by atoms with Crippen molar-refractivity contribution in [2.24, 2.45) is 0 Å². The third-order valence-electron chi connectivity index (χ3n) is 3.11. The fourth-order valence-corrected chi connectivity index (χ4v) is 2.84. The number of rotatable bonds is 8. The Morgan fingerprint density at radius 1 is 1.25 bits per heavy atom. The van der Waals surface area contributed by atoms with E-state index in [1.54, 1.807) is 30.3 Å². The number of pyridine rings is 1. The van der Waals surface area contributed by atoms with Crippen molar-refractivity contribution in [3.05, 3.63) is 53.7 Å². The maximum Gasteiger partial charge on any atom is 0.170 e. The number of benzene rings is 1. The Morgan fingerprint density at radius 3 is 2.67 bits per heavy atom. The van der Waals surface area contributed by atoms with Crippen molar-refractivity contribution in [3.63, 3.8) is 0 Å². The van der Waals surface area contributed by atoms with Crippen LogP contribution >= 0.6 is 11.8 Å². The molecular weight excluding hydrogens is 324 g/mol. The molecule has 0 fully saturated rings. The predicted octanol–water partition coefficient (Wildman–Crippen LogP) is 3.29. The smallest absolute Gasteiger partial charge is 0.170 e. The minimum absolute atomic E-state index is 0.0792. The molecule has 0 unspecified atom stereocenters. The van der Waals surface area contributed by atoms with Crippen molar-refractivity contribution in [1.29, 1.82) is 5.26 Å². The maximum absolute atomic E-state index is 12.0. The molecule has 0 amide bonds. The van der Waals surface area contributed by atoms with Gasteiger partial charge in [0, 0.05) is 11.8 Å². The summed E-state index contributed by atoms with van der Waals surface area (Å²) in [5.41, 5.74) is 0.830. The molecule has 0 radical (unpaired) electrons. The van der Waals surface area contributed by atoms with Crippen molar-refractivity contribution in [2.75, 3.05) is 12.4 Å². The molecule has 0 aliphatic carbocycles. The molecule has 2 rings (SSSR count). The third-order valence-corrected chi connectivity index (χ3v) is 4.16. The number of Topliss-reactive ketones (excluding diaryl/α,β-unsaturated/α-hetero) is 2. The Labute approximate surface area is 144 Å². The van der Waals surface area contributed by atoms with Crippen LogP contribution in [-0.2, 0) is 4.79 Å². The van der Waals surface area contributed by atoms with Gasteiger partial charge in [-0.25, -0.2) is 4.98 Å². The Bertz CT molecular complexity index is 770. The van der Waals surface area contributed by atoms with E-state index < -0.39 is 0 Å². The Kier molecular flexibility index (Phi) is 6.52. The highest BCUT2D eigenvalue weighted by atomic mass is 32.2. The summed E-state index contributed by atoms with van der Waals surface area (Å²) in [5.74, 6) is 0.111. The number of hydrogen-bond acceptors (Lipinski definition) is 6. The first-order valence-corrected chi connectivity index (χ1v) is 8.39. The summed E-state index contributed by atoms with van der Waals surface area (Å²) in [6.07, 6.45) is 1.37. The van der Waals surface area contributed by atoms with Gasteiger partial charge in [0.2, 0.25) is 0 Å². The second-order valence-electron chi connectivity index (χ2n) is 4.83. The number of hydrogen-bond donors (Lipinski definition) is 0. The zero-order valence-electron chi connectivity index (χ0n) is 13.2. The van der Waals surface area contributed by atoms with E-state index in [2.05, 4.69) is 11.1 Å². The molecule has 24 heavy (non-hydrogen) atoms. The highest BCUT2D eigenvalue weighted by molar-refractivity contribution is 8.00. The molecule has 1 aromatic heterocycles. The Hall–Kier alpha value is -2.65. The highest BCUT2D eigenvalue weighted by Crippen LogP contribution is 2.27. The zero-order chi connectivity index (χ0) is 17.4. The molecule has 0 N–H and O–H groups in total. The summed E-state index contributed by atoms with van der Waals surface area (Å²) < 4.78 is 5.38. The van der Waals surface area contributed by atoms with Crippen LogP contribution in [0.25, 0.3) is 0 Å². The Balaban J connectivity index is 1.98. The minimum atomic E-state index is -0.210. The quantitative estimate of drug-likeness (QED) is 0.417. The van der Waals surface area contributed by atoms with Crippen LogP contribution in [0, 0.1) is 11.3 Å². The summed E-state index contributed by atoms with van der Waals surface area (Å²) in [6, 6.07) is 12.4. The first-order chi connectivity index (χ1) is 11.7. The van der Waals surface area contributed by atoms with Crippen LogP contribution in [-0.4, -0.2) is 28.9 Å². The van der Waals surface area contributed by atoms with Crippen molar-refractivity contribution in [2.45, 2.75) is 18.4 Å². The highest BCUT2D eigenvalue weighted by Gasteiger charge is 2.15. The first-order valence-electron chi connectivity index (χ1n) is 7.40. The van der Waals surface area contributed by atoms with Gasteiger partial charge >= 0.3 is 0 Å². The fourth-order valence-electron chi connectivity index (χ4n) is 2.02. The average molecular weight is 340 g/mol. The molecule has 0 atom stereocenters. The second kappa shape index (κ2) is 8.85. The molecule has 0 bridgehead atoms. The van der Waals surface area contributed by atoms with Crippen molar-refractivity contribution < 1.29 is 14.3 Å². The fraction of sp³-hybridized carbons (Fsp3) is 0.222. The van der Waals surface area contributed by atoms with Crippen LogP contribution in [0.1, 0.15) is 29.3 Å². The van der Waals surface area contributed by atoms with Gasteiger partial charge in [-0.2, -0.15) is 5.26 Å². The predicted molar refractivity (Wildman–Crippen MR) is 91.2 cm³/mol. The maximum atomic E-state index is 12.0. The van der Waals surface area contributed by atoms with E-state index in [1.807, 2.05) is 13.0 Å². The standard InChI is InChI=1S/C18H16N2O3S/c1-2-23-17-8-9-20-18(15(17)11-19)24-12-14(21)10-16(22)13-6-4-3-5-7-13/h3-9H,2,10,12H2,1H3. The molecule has 0 spiro atoms. The van der Waals surface area contributed by atoms with E-state index in [4.69, 9.17) is 4.74 Å². The van der Waals surface area contributed by atoms with Crippen LogP contribution in [0.15, 0.2) is 47.6 Å². The van der Waals surface area contributed by atoms with Gasteiger partial charge < -0.3 is 4.74 Å². The number of thioether (sulfide) groups is 1. The van der Waals surface area contributed by atoms with Gasteiger partial charge in [-0.15, -0.1) is 0 Å². The minimum Gasteiger partial charge on any atom is -0.492 e. The van der Waals surface area contributed by atoms with Crippen LogP contribution in [0.2, 0.25) is 0 Å². The summed E-state index contributed by atoms with van der Waals surface area (Å²) in [5, 5.41) is 9.70. The molecule has 0 aliphatic heterocycles.